The first-order chi connectivity index (χ1) is 10.5. The molecule has 2 aromatic rings. The number of hydrogen-bond donors (Lipinski definition) is 0. The van der Waals surface area contributed by atoms with Crippen LogP contribution in [0, 0.1) is 0 Å². The minimum atomic E-state index is -1.26. The smallest absolute Gasteiger partial charge is 0.150 e. The number of hydrogen-bond acceptors (Lipinski definition) is 2. The van der Waals surface area contributed by atoms with Crippen LogP contribution in [0.3, 0.4) is 0 Å². The Bertz CT molecular complexity index is 739. The fourth-order valence-corrected chi connectivity index (χ4v) is 4.48. The summed E-state index contributed by atoms with van der Waals surface area (Å²) in [5, 5.41) is 0. The molecule has 22 heavy (non-hydrogen) atoms. The Morgan fingerprint density at radius 1 is 1.14 bits per heavy atom. The van der Waals surface area contributed by atoms with Gasteiger partial charge in [0.05, 0.1) is 4.90 Å². The molecule has 1 aliphatic rings. The summed E-state index contributed by atoms with van der Waals surface area (Å²) in [6.07, 6.45) is 0.788. The number of carbonyl (C=O) groups is 1. The molecule has 3 nitrogen and oxygen atoms in total. The highest BCUT2D eigenvalue weighted by atomic mass is 32.2. The van der Waals surface area contributed by atoms with Crippen molar-refractivity contribution in [1.29, 1.82) is 0 Å². The van der Waals surface area contributed by atoms with Crippen LogP contribution in [0.5, 0.6) is 0 Å². The lowest BCUT2D eigenvalue weighted by atomic mass is 9.79. The molecule has 0 radical (unpaired) electrons. The van der Waals surface area contributed by atoms with Crippen LogP contribution in [0.1, 0.15) is 35.3 Å². The number of rotatable bonds is 3. The Hall–Kier alpha value is -1.78. The molecule has 2 aromatic carbocycles. The van der Waals surface area contributed by atoms with Gasteiger partial charge in [-0.3, -0.25) is 4.79 Å². The van der Waals surface area contributed by atoms with E-state index in [0.29, 0.717) is 17.0 Å². The van der Waals surface area contributed by atoms with Gasteiger partial charge in [-0.2, -0.15) is 0 Å². The van der Waals surface area contributed by atoms with E-state index >= 15 is 0 Å². The Morgan fingerprint density at radius 3 is 2.68 bits per heavy atom. The number of nitrogens with zero attached hydrogens (tertiary/aromatic N) is 1. The normalized spacial score (nSPS) is 18.5. The Kier molecular flexibility index (Phi) is 3.98. The van der Waals surface area contributed by atoms with E-state index < -0.39 is 11.0 Å². The first-order valence-electron chi connectivity index (χ1n) is 7.32. The van der Waals surface area contributed by atoms with Crippen molar-refractivity contribution in [3.8, 4) is 0 Å². The van der Waals surface area contributed by atoms with Crippen molar-refractivity contribution in [1.82, 2.24) is 4.31 Å². The van der Waals surface area contributed by atoms with Crippen LogP contribution in [0.15, 0.2) is 53.4 Å². The van der Waals surface area contributed by atoms with Gasteiger partial charge >= 0.3 is 0 Å². The highest BCUT2D eigenvalue weighted by Crippen LogP contribution is 2.34. The average Bonchev–Trinajstić information content (AvgIpc) is 2.53. The highest BCUT2D eigenvalue weighted by molar-refractivity contribution is 7.82. The zero-order valence-electron chi connectivity index (χ0n) is 12.8. The van der Waals surface area contributed by atoms with Crippen molar-refractivity contribution in [2.24, 2.45) is 0 Å². The average molecular weight is 313 g/mol. The monoisotopic (exact) mass is 313 g/mol. The van der Waals surface area contributed by atoms with E-state index in [-0.39, 0.29) is 5.41 Å². The van der Waals surface area contributed by atoms with E-state index in [1.165, 1.54) is 11.1 Å². The van der Waals surface area contributed by atoms with Crippen molar-refractivity contribution in [3.05, 3.63) is 65.2 Å². The van der Waals surface area contributed by atoms with E-state index in [0.717, 1.165) is 12.8 Å². The summed E-state index contributed by atoms with van der Waals surface area (Å²) in [5.74, 6) is 0. The predicted octanol–water partition coefficient (Wildman–Crippen LogP) is 3.32. The Labute approximate surface area is 133 Å². The van der Waals surface area contributed by atoms with Crippen LogP contribution in [-0.2, 0) is 22.9 Å². The Balaban J connectivity index is 1.93. The third-order valence-electron chi connectivity index (χ3n) is 4.10. The SMILES string of the molecule is CC1(C)CN(S(=O)c2cccc(C=O)c2)Cc2ccccc21. The Morgan fingerprint density at radius 2 is 1.91 bits per heavy atom. The minimum absolute atomic E-state index is 0.0488. The van der Waals surface area contributed by atoms with E-state index in [1.54, 1.807) is 18.2 Å². The van der Waals surface area contributed by atoms with Crippen molar-refractivity contribution >= 4 is 17.3 Å². The molecule has 0 N–H and O–H groups in total. The molecule has 0 saturated heterocycles. The van der Waals surface area contributed by atoms with E-state index in [4.69, 9.17) is 0 Å². The maximum Gasteiger partial charge on any atom is 0.150 e. The largest absolute Gasteiger partial charge is 0.298 e. The molecule has 0 amide bonds. The maximum absolute atomic E-state index is 12.9. The number of benzene rings is 2. The van der Waals surface area contributed by atoms with Gasteiger partial charge in [-0.1, -0.05) is 50.2 Å². The van der Waals surface area contributed by atoms with Crippen molar-refractivity contribution in [2.45, 2.75) is 30.7 Å². The maximum atomic E-state index is 12.9. The fourth-order valence-electron chi connectivity index (χ4n) is 3.05. The third kappa shape index (κ3) is 2.76. The summed E-state index contributed by atoms with van der Waals surface area (Å²) in [7, 11) is -1.26. The molecule has 1 aliphatic heterocycles. The van der Waals surface area contributed by atoms with E-state index in [9.17, 15) is 9.00 Å². The second kappa shape index (κ2) is 5.78. The van der Waals surface area contributed by atoms with Gasteiger partial charge < -0.3 is 0 Å². The van der Waals surface area contributed by atoms with Gasteiger partial charge in [0.15, 0.2) is 0 Å². The van der Waals surface area contributed by atoms with Crippen LogP contribution >= 0.6 is 0 Å². The topological polar surface area (TPSA) is 37.4 Å². The molecule has 0 spiro atoms. The summed E-state index contributed by atoms with van der Waals surface area (Å²) in [6.45, 7) is 5.74. The van der Waals surface area contributed by atoms with Crippen molar-refractivity contribution in [2.75, 3.05) is 6.54 Å². The van der Waals surface area contributed by atoms with Crippen LogP contribution in [0.25, 0.3) is 0 Å². The molecule has 4 heteroatoms. The lowest BCUT2D eigenvalue weighted by molar-refractivity contribution is 0.112. The minimum Gasteiger partial charge on any atom is -0.298 e. The van der Waals surface area contributed by atoms with Crippen LogP contribution in [0.2, 0.25) is 0 Å². The molecule has 1 unspecified atom stereocenters. The summed E-state index contributed by atoms with van der Waals surface area (Å²) >= 11 is 0. The first kappa shape index (κ1) is 15.1. The molecular formula is C18H19NO2S. The quantitative estimate of drug-likeness (QED) is 0.815. The molecular weight excluding hydrogens is 294 g/mol. The molecule has 1 heterocycles. The second-order valence-electron chi connectivity index (χ2n) is 6.28. The standard InChI is InChI=1S/C18H19NO2S/c1-18(2)13-19(11-15-7-3-4-9-17(15)18)22(21)16-8-5-6-14(10-16)12-20/h3-10,12H,11,13H2,1-2H3. The lowest BCUT2D eigenvalue weighted by Crippen LogP contribution is -2.42. The number of fused-ring (bicyclic) bond motifs is 1. The van der Waals surface area contributed by atoms with Gasteiger partial charge in [-0.25, -0.2) is 8.51 Å². The zero-order valence-corrected chi connectivity index (χ0v) is 13.6. The summed E-state index contributed by atoms with van der Waals surface area (Å²) in [5.41, 5.74) is 3.05. The summed E-state index contributed by atoms with van der Waals surface area (Å²) < 4.78 is 14.9. The number of aldehydes is 1. The van der Waals surface area contributed by atoms with Crippen LogP contribution < -0.4 is 0 Å². The molecule has 1 atom stereocenters. The fraction of sp³-hybridized carbons (Fsp3) is 0.278. The van der Waals surface area contributed by atoms with Gasteiger partial charge in [-0.05, 0) is 23.3 Å². The molecule has 0 fully saturated rings. The zero-order chi connectivity index (χ0) is 15.7. The molecule has 3 rings (SSSR count). The van der Waals surface area contributed by atoms with Gasteiger partial charge in [0.1, 0.15) is 17.3 Å². The second-order valence-corrected chi connectivity index (χ2v) is 7.76. The van der Waals surface area contributed by atoms with Gasteiger partial charge in [0.2, 0.25) is 0 Å². The predicted molar refractivity (Wildman–Crippen MR) is 88.1 cm³/mol. The third-order valence-corrected chi connectivity index (χ3v) is 5.48. The highest BCUT2D eigenvalue weighted by Gasteiger charge is 2.34. The summed E-state index contributed by atoms with van der Waals surface area (Å²) in [4.78, 5) is 11.6. The van der Waals surface area contributed by atoms with Crippen molar-refractivity contribution in [3.63, 3.8) is 0 Å². The molecule has 0 saturated carbocycles. The van der Waals surface area contributed by atoms with E-state index in [1.807, 2.05) is 16.4 Å². The van der Waals surface area contributed by atoms with E-state index in [2.05, 4.69) is 32.0 Å². The summed E-state index contributed by atoms with van der Waals surface area (Å²) in [6, 6.07) is 15.4. The van der Waals surface area contributed by atoms with Gasteiger partial charge in [-0.15, -0.1) is 0 Å². The molecule has 0 bridgehead atoms. The van der Waals surface area contributed by atoms with Crippen LogP contribution in [-0.4, -0.2) is 21.3 Å². The molecule has 114 valence electrons. The molecule has 0 aliphatic carbocycles. The van der Waals surface area contributed by atoms with Crippen molar-refractivity contribution < 1.29 is 9.00 Å². The van der Waals surface area contributed by atoms with Crippen LogP contribution in [0.4, 0.5) is 0 Å². The lowest BCUT2D eigenvalue weighted by Gasteiger charge is -2.39. The first-order valence-corrected chi connectivity index (χ1v) is 8.42. The van der Waals surface area contributed by atoms with Gasteiger partial charge in [0.25, 0.3) is 0 Å². The van der Waals surface area contributed by atoms with Gasteiger partial charge in [0, 0.05) is 24.1 Å². The number of carbonyl (C=O) groups excluding carboxylic acids is 1. The molecule has 0 aromatic heterocycles.